The van der Waals surface area contributed by atoms with Crippen molar-refractivity contribution in [2.75, 3.05) is 13.1 Å². The van der Waals surface area contributed by atoms with Crippen molar-refractivity contribution >= 4 is 11.9 Å². The topological polar surface area (TPSA) is 57.6 Å². The zero-order valence-corrected chi connectivity index (χ0v) is 10.2. The lowest BCUT2D eigenvalue weighted by Gasteiger charge is -2.20. The summed E-state index contributed by atoms with van der Waals surface area (Å²) in [5.41, 5.74) is -0.736. The van der Waals surface area contributed by atoms with Crippen molar-refractivity contribution in [1.29, 1.82) is 0 Å². The van der Waals surface area contributed by atoms with Gasteiger partial charge in [0.2, 0.25) is 5.91 Å². The molecule has 0 aromatic rings. The normalized spacial score (nSPS) is 24.8. The molecular weight excluding hydrogens is 206 g/mol. The first kappa shape index (κ1) is 13.0. The average Bonchev–Trinajstić information content (AvgIpc) is 2.63. The largest absolute Gasteiger partial charge is 0.481 e. The Bertz CT molecular complexity index is 277. The van der Waals surface area contributed by atoms with Crippen molar-refractivity contribution in [2.45, 2.75) is 46.0 Å². The predicted molar refractivity (Wildman–Crippen MR) is 61.1 cm³/mol. The molecule has 0 bridgehead atoms. The van der Waals surface area contributed by atoms with E-state index in [9.17, 15) is 9.59 Å². The molecule has 4 nitrogen and oxygen atoms in total. The molecule has 1 aliphatic heterocycles. The summed E-state index contributed by atoms with van der Waals surface area (Å²) in [5, 5.41) is 9.05. The Morgan fingerprint density at radius 2 is 2.06 bits per heavy atom. The first-order valence-corrected chi connectivity index (χ1v) is 6.01. The lowest BCUT2D eigenvalue weighted by atomic mass is 9.90. The van der Waals surface area contributed by atoms with Gasteiger partial charge in [-0.2, -0.15) is 0 Å². The number of hydrogen-bond acceptors (Lipinski definition) is 2. The van der Waals surface area contributed by atoms with Crippen LogP contribution in [0.2, 0.25) is 0 Å². The van der Waals surface area contributed by atoms with Gasteiger partial charge in [0.1, 0.15) is 0 Å². The first-order chi connectivity index (χ1) is 7.49. The van der Waals surface area contributed by atoms with E-state index >= 15 is 0 Å². The van der Waals surface area contributed by atoms with Crippen LogP contribution in [0, 0.1) is 5.41 Å². The zero-order chi connectivity index (χ0) is 12.2. The monoisotopic (exact) mass is 227 g/mol. The van der Waals surface area contributed by atoms with E-state index in [-0.39, 0.29) is 5.91 Å². The van der Waals surface area contributed by atoms with E-state index in [4.69, 9.17) is 5.11 Å². The molecule has 0 aromatic carbocycles. The van der Waals surface area contributed by atoms with Gasteiger partial charge in [-0.1, -0.05) is 19.8 Å². The molecule has 1 aliphatic rings. The van der Waals surface area contributed by atoms with Crippen molar-refractivity contribution in [2.24, 2.45) is 5.41 Å². The van der Waals surface area contributed by atoms with E-state index in [0.29, 0.717) is 25.9 Å². The van der Waals surface area contributed by atoms with Gasteiger partial charge in [-0.05, 0) is 19.8 Å². The first-order valence-electron chi connectivity index (χ1n) is 6.01. The van der Waals surface area contributed by atoms with Crippen LogP contribution in [0.15, 0.2) is 0 Å². The summed E-state index contributed by atoms with van der Waals surface area (Å²) in [7, 11) is 0. The molecule has 16 heavy (non-hydrogen) atoms. The second-order valence-corrected chi connectivity index (χ2v) is 4.89. The molecule has 1 fully saturated rings. The molecule has 1 unspecified atom stereocenters. The Hall–Kier alpha value is -1.06. The standard InChI is InChI=1S/C12H21NO3/c1-3-4-5-6-10(14)13-8-7-12(2,9-13)11(15)16/h3-9H2,1-2H3,(H,15,16). The summed E-state index contributed by atoms with van der Waals surface area (Å²) in [4.78, 5) is 24.5. The maximum Gasteiger partial charge on any atom is 0.311 e. The average molecular weight is 227 g/mol. The predicted octanol–water partition coefficient (Wildman–Crippen LogP) is 1.89. The highest BCUT2D eigenvalue weighted by atomic mass is 16.4. The molecule has 0 aromatic heterocycles. The van der Waals surface area contributed by atoms with Crippen molar-refractivity contribution in [3.63, 3.8) is 0 Å². The van der Waals surface area contributed by atoms with Crippen LogP contribution in [0.5, 0.6) is 0 Å². The maximum atomic E-state index is 11.8. The third kappa shape index (κ3) is 2.97. The van der Waals surface area contributed by atoms with Gasteiger partial charge >= 0.3 is 5.97 Å². The summed E-state index contributed by atoms with van der Waals surface area (Å²) >= 11 is 0. The lowest BCUT2D eigenvalue weighted by Crippen LogP contribution is -2.34. The molecule has 1 N–H and O–H groups in total. The Labute approximate surface area is 96.6 Å². The van der Waals surface area contributed by atoms with Crippen LogP contribution in [-0.2, 0) is 9.59 Å². The van der Waals surface area contributed by atoms with Crippen molar-refractivity contribution in [3.05, 3.63) is 0 Å². The van der Waals surface area contributed by atoms with Crippen LogP contribution in [-0.4, -0.2) is 35.0 Å². The minimum Gasteiger partial charge on any atom is -0.481 e. The van der Waals surface area contributed by atoms with Crippen molar-refractivity contribution in [1.82, 2.24) is 4.90 Å². The molecule has 0 aliphatic carbocycles. The van der Waals surface area contributed by atoms with E-state index in [1.54, 1.807) is 11.8 Å². The molecule has 1 atom stereocenters. The number of hydrogen-bond donors (Lipinski definition) is 1. The molecule has 1 heterocycles. The van der Waals surface area contributed by atoms with Gasteiger partial charge in [0, 0.05) is 19.5 Å². The SMILES string of the molecule is CCCCCC(=O)N1CCC(C)(C(=O)O)C1. The fourth-order valence-electron chi connectivity index (χ4n) is 2.03. The van der Waals surface area contributed by atoms with Crippen LogP contribution >= 0.6 is 0 Å². The molecule has 0 saturated carbocycles. The Balaban J connectivity index is 2.41. The van der Waals surface area contributed by atoms with E-state index in [0.717, 1.165) is 19.3 Å². The van der Waals surface area contributed by atoms with Gasteiger partial charge in [0.15, 0.2) is 0 Å². The van der Waals surface area contributed by atoms with Crippen molar-refractivity contribution in [3.8, 4) is 0 Å². The van der Waals surface area contributed by atoms with E-state index in [1.807, 2.05) is 0 Å². The van der Waals surface area contributed by atoms with Crippen LogP contribution in [0.1, 0.15) is 46.0 Å². The maximum absolute atomic E-state index is 11.8. The van der Waals surface area contributed by atoms with Crippen LogP contribution in [0.25, 0.3) is 0 Å². The number of aliphatic carboxylic acids is 1. The lowest BCUT2D eigenvalue weighted by molar-refractivity contribution is -0.147. The summed E-state index contributed by atoms with van der Waals surface area (Å²) in [6, 6.07) is 0. The van der Waals surface area contributed by atoms with Gasteiger partial charge in [-0.15, -0.1) is 0 Å². The molecule has 0 spiro atoms. The second-order valence-electron chi connectivity index (χ2n) is 4.89. The number of carboxylic acids is 1. The van der Waals surface area contributed by atoms with Gasteiger partial charge in [-0.3, -0.25) is 9.59 Å². The Kier molecular flexibility index (Phi) is 4.33. The molecular formula is C12H21NO3. The smallest absolute Gasteiger partial charge is 0.311 e. The second kappa shape index (κ2) is 5.32. The molecule has 4 heteroatoms. The molecule has 1 amide bonds. The third-order valence-electron chi connectivity index (χ3n) is 3.34. The van der Waals surface area contributed by atoms with Gasteiger partial charge < -0.3 is 10.0 Å². The zero-order valence-electron chi connectivity index (χ0n) is 10.2. The number of amides is 1. The minimum atomic E-state index is -0.795. The number of carbonyl (C=O) groups is 2. The molecule has 0 radical (unpaired) electrons. The fraction of sp³-hybridized carbons (Fsp3) is 0.833. The highest BCUT2D eigenvalue weighted by Crippen LogP contribution is 2.30. The summed E-state index contributed by atoms with van der Waals surface area (Å²) in [5.74, 6) is -0.685. The van der Waals surface area contributed by atoms with E-state index in [1.165, 1.54) is 0 Å². The molecule has 1 rings (SSSR count). The number of nitrogens with zero attached hydrogens (tertiary/aromatic N) is 1. The van der Waals surface area contributed by atoms with Gasteiger partial charge in [0.05, 0.1) is 5.41 Å². The van der Waals surface area contributed by atoms with Crippen LogP contribution in [0.4, 0.5) is 0 Å². The third-order valence-corrected chi connectivity index (χ3v) is 3.34. The van der Waals surface area contributed by atoms with Gasteiger partial charge in [-0.25, -0.2) is 0 Å². The highest BCUT2D eigenvalue weighted by Gasteiger charge is 2.41. The summed E-state index contributed by atoms with van der Waals surface area (Å²) in [6.45, 7) is 4.78. The van der Waals surface area contributed by atoms with E-state index < -0.39 is 11.4 Å². The van der Waals surface area contributed by atoms with Crippen LogP contribution in [0.3, 0.4) is 0 Å². The van der Waals surface area contributed by atoms with Gasteiger partial charge in [0.25, 0.3) is 0 Å². The number of likely N-dealkylation sites (tertiary alicyclic amines) is 1. The Morgan fingerprint density at radius 3 is 2.56 bits per heavy atom. The van der Waals surface area contributed by atoms with Crippen molar-refractivity contribution < 1.29 is 14.7 Å². The van der Waals surface area contributed by atoms with E-state index in [2.05, 4.69) is 6.92 Å². The summed E-state index contributed by atoms with van der Waals surface area (Å²) < 4.78 is 0. The fourth-order valence-corrected chi connectivity index (χ4v) is 2.03. The number of unbranched alkanes of at least 4 members (excludes halogenated alkanes) is 2. The quantitative estimate of drug-likeness (QED) is 0.730. The number of carbonyl (C=O) groups excluding carboxylic acids is 1. The number of carboxylic acid groups (broad SMARTS) is 1. The molecule has 92 valence electrons. The summed E-state index contributed by atoms with van der Waals surface area (Å²) in [6.07, 6.45) is 4.21. The van der Waals surface area contributed by atoms with Crippen LogP contribution < -0.4 is 0 Å². The molecule has 1 saturated heterocycles. The Morgan fingerprint density at radius 1 is 1.38 bits per heavy atom. The highest BCUT2D eigenvalue weighted by molar-refractivity contribution is 5.80. The number of rotatable bonds is 5. The minimum absolute atomic E-state index is 0.110.